The summed E-state index contributed by atoms with van der Waals surface area (Å²) in [7, 11) is 0. The fourth-order valence-electron chi connectivity index (χ4n) is 3.68. The average molecular weight is 293 g/mol. The second-order valence-corrected chi connectivity index (χ2v) is 7.69. The van der Waals surface area contributed by atoms with E-state index < -0.39 is 0 Å². The molecule has 112 valence electrons. The Balaban J connectivity index is 1.68. The van der Waals surface area contributed by atoms with Crippen molar-refractivity contribution in [3.8, 4) is 0 Å². The molecule has 2 fully saturated rings. The molecule has 3 rings (SSSR count). The van der Waals surface area contributed by atoms with Gasteiger partial charge in [0.15, 0.2) is 5.13 Å². The molecular formula is C16H27N3S. The van der Waals surface area contributed by atoms with Crippen molar-refractivity contribution in [1.29, 1.82) is 0 Å². The van der Waals surface area contributed by atoms with Gasteiger partial charge in [-0.25, -0.2) is 4.98 Å². The number of piperidine rings is 1. The van der Waals surface area contributed by atoms with Crippen LogP contribution in [0.15, 0.2) is 6.20 Å². The Morgan fingerprint density at radius 2 is 2.10 bits per heavy atom. The van der Waals surface area contributed by atoms with E-state index in [0.29, 0.717) is 6.04 Å². The number of nitrogens with one attached hydrogen (secondary N) is 1. The van der Waals surface area contributed by atoms with E-state index in [9.17, 15) is 0 Å². The molecule has 3 nitrogen and oxygen atoms in total. The van der Waals surface area contributed by atoms with Crippen LogP contribution in [0.4, 0.5) is 5.13 Å². The van der Waals surface area contributed by atoms with Gasteiger partial charge in [0.05, 0.1) is 0 Å². The summed E-state index contributed by atoms with van der Waals surface area (Å²) in [5, 5.41) is 4.75. The summed E-state index contributed by atoms with van der Waals surface area (Å²) in [5.41, 5.74) is 0. The SMILES string of the molecule is CC(C)NCc1cnc(N2CCCC3CCCCC32)s1. The van der Waals surface area contributed by atoms with Crippen molar-refractivity contribution in [2.75, 3.05) is 11.4 Å². The number of thiazole rings is 1. The van der Waals surface area contributed by atoms with Crippen molar-refractivity contribution in [2.45, 2.75) is 71.0 Å². The number of hydrogen-bond acceptors (Lipinski definition) is 4. The minimum absolute atomic E-state index is 0.540. The van der Waals surface area contributed by atoms with Crippen LogP contribution in [0.25, 0.3) is 0 Å². The highest BCUT2D eigenvalue weighted by atomic mass is 32.1. The zero-order valence-corrected chi connectivity index (χ0v) is 13.6. The normalized spacial score (nSPS) is 26.9. The molecule has 1 saturated heterocycles. The van der Waals surface area contributed by atoms with Gasteiger partial charge < -0.3 is 10.2 Å². The highest BCUT2D eigenvalue weighted by Crippen LogP contribution is 2.38. The van der Waals surface area contributed by atoms with Crippen molar-refractivity contribution >= 4 is 16.5 Å². The van der Waals surface area contributed by atoms with Gasteiger partial charge in [-0.3, -0.25) is 0 Å². The van der Waals surface area contributed by atoms with Gasteiger partial charge in [0.2, 0.25) is 0 Å². The number of anilines is 1. The van der Waals surface area contributed by atoms with Gasteiger partial charge >= 0.3 is 0 Å². The Bertz CT molecular complexity index is 427. The quantitative estimate of drug-likeness (QED) is 0.915. The maximum atomic E-state index is 4.71. The summed E-state index contributed by atoms with van der Waals surface area (Å²) in [4.78, 5) is 8.70. The van der Waals surface area contributed by atoms with E-state index >= 15 is 0 Å². The van der Waals surface area contributed by atoms with Gasteiger partial charge in [0.25, 0.3) is 0 Å². The Hall–Kier alpha value is -0.610. The van der Waals surface area contributed by atoms with Crippen molar-refractivity contribution in [2.24, 2.45) is 5.92 Å². The van der Waals surface area contributed by atoms with E-state index in [1.165, 1.54) is 55.1 Å². The van der Waals surface area contributed by atoms with E-state index in [2.05, 4.69) is 30.3 Å². The Morgan fingerprint density at radius 1 is 1.30 bits per heavy atom. The van der Waals surface area contributed by atoms with E-state index in [4.69, 9.17) is 4.98 Å². The van der Waals surface area contributed by atoms with Crippen LogP contribution in [-0.4, -0.2) is 23.6 Å². The third-order valence-electron chi connectivity index (χ3n) is 4.71. The van der Waals surface area contributed by atoms with E-state index in [-0.39, 0.29) is 0 Å². The molecule has 1 aromatic heterocycles. The number of nitrogens with zero attached hydrogens (tertiary/aromatic N) is 2. The maximum Gasteiger partial charge on any atom is 0.185 e. The standard InChI is InChI=1S/C16H27N3S/c1-12(2)17-10-14-11-18-16(20-14)19-9-5-7-13-6-3-4-8-15(13)19/h11-13,15,17H,3-10H2,1-2H3. The fraction of sp³-hybridized carbons (Fsp3) is 0.812. The Labute approximate surface area is 126 Å². The summed E-state index contributed by atoms with van der Waals surface area (Å²) in [6.07, 6.45) is 10.5. The molecule has 0 amide bonds. The van der Waals surface area contributed by atoms with Crippen LogP contribution in [0.1, 0.15) is 57.2 Å². The van der Waals surface area contributed by atoms with Crippen molar-refractivity contribution < 1.29 is 0 Å². The molecule has 1 aliphatic carbocycles. The smallest absolute Gasteiger partial charge is 0.185 e. The van der Waals surface area contributed by atoms with Crippen LogP contribution >= 0.6 is 11.3 Å². The summed E-state index contributed by atoms with van der Waals surface area (Å²) >= 11 is 1.89. The lowest BCUT2D eigenvalue weighted by Crippen LogP contribution is -2.46. The first-order valence-corrected chi connectivity index (χ1v) is 9.00. The van der Waals surface area contributed by atoms with Crippen LogP contribution in [0, 0.1) is 5.92 Å². The number of fused-ring (bicyclic) bond motifs is 1. The number of rotatable bonds is 4. The summed E-state index contributed by atoms with van der Waals surface area (Å²) in [5.74, 6) is 0.929. The molecule has 0 aromatic carbocycles. The molecule has 2 aliphatic rings. The van der Waals surface area contributed by atoms with Crippen LogP contribution in [0.3, 0.4) is 0 Å². The van der Waals surface area contributed by atoms with E-state index in [1.54, 1.807) is 0 Å². The number of hydrogen-bond donors (Lipinski definition) is 1. The monoisotopic (exact) mass is 293 g/mol. The summed E-state index contributed by atoms with van der Waals surface area (Å²) < 4.78 is 0. The molecule has 20 heavy (non-hydrogen) atoms. The second-order valence-electron chi connectivity index (χ2n) is 6.59. The Kier molecular flexibility index (Phi) is 4.61. The molecule has 0 radical (unpaired) electrons. The lowest BCUT2D eigenvalue weighted by molar-refractivity contribution is 0.243. The highest BCUT2D eigenvalue weighted by molar-refractivity contribution is 7.15. The highest BCUT2D eigenvalue weighted by Gasteiger charge is 2.34. The van der Waals surface area contributed by atoms with Crippen molar-refractivity contribution in [1.82, 2.24) is 10.3 Å². The molecule has 2 heterocycles. The largest absolute Gasteiger partial charge is 0.345 e. The van der Waals surface area contributed by atoms with Gasteiger partial charge in [-0.15, -0.1) is 11.3 Å². The average Bonchev–Trinajstić information content (AvgIpc) is 2.93. The second kappa shape index (κ2) is 6.44. The van der Waals surface area contributed by atoms with Crippen LogP contribution in [0.5, 0.6) is 0 Å². The maximum absolute atomic E-state index is 4.71. The minimum Gasteiger partial charge on any atom is -0.345 e. The number of aromatic nitrogens is 1. The molecule has 1 aromatic rings. The first-order valence-electron chi connectivity index (χ1n) is 8.19. The van der Waals surface area contributed by atoms with Gasteiger partial charge in [-0.1, -0.05) is 26.7 Å². The van der Waals surface area contributed by atoms with Gasteiger partial charge in [0, 0.05) is 36.2 Å². The zero-order valence-electron chi connectivity index (χ0n) is 12.8. The molecule has 2 atom stereocenters. The Morgan fingerprint density at radius 3 is 2.95 bits per heavy atom. The third kappa shape index (κ3) is 3.17. The minimum atomic E-state index is 0.540. The molecule has 1 N–H and O–H groups in total. The zero-order chi connectivity index (χ0) is 13.9. The lowest BCUT2D eigenvalue weighted by atomic mass is 9.78. The van der Waals surface area contributed by atoms with Crippen LogP contribution in [0.2, 0.25) is 0 Å². The van der Waals surface area contributed by atoms with E-state index in [0.717, 1.165) is 18.5 Å². The van der Waals surface area contributed by atoms with Gasteiger partial charge in [-0.05, 0) is 31.6 Å². The first kappa shape index (κ1) is 14.3. The van der Waals surface area contributed by atoms with Gasteiger partial charge in [0.1, 0.15) is 0 Å². The molecule has 1 aliphatic heterocycles. The molecule has 1 saturated carbocycles. The molecule has 2 unspecified atom stereocenters. The predicted octanol–water partition coefficient (Wildman–Crippen LogP) is 3.80. The molecule has 4 heteroatoms. The fourth-order valence-corrected chi connectivity index (χ4v) is 4.62. The first-order chi connectivity index (χ1) is 9.74. The predicted molar refractivity (Wildman–Crippen MR) is 86.4 cm³/mol. The molecule has 0 spiro atoms. The summed E-state index contributed by atoms with van der Waals surface area (Å²) in [6, 6.07) is 1.31. The van der Waals surface area contributed by atoms with E-state index in [1.807, 2.05) is 11.3 Å². The van der Waals surface area contributed by atoms with Crippen molar-refractivity contribution in [3.63, 3.8) is 0 Å². The van der Waals surface area contributed by atoms with Crippen LogP contribution < -0.4 is 10.2 Å². The summed E-state index contributed by atoms with van der Waals surface area (Å²) in [6.45, 7) is 6.56. The van der Waals surface area contributed by atoms with Crippen LogP contribution in [-0.2, 0) is 6.54 Å². The third-order valence-corrected chi connectivity index (χ3v) is 5.75. The molecular weight excluding hydrogens is 266 g/mol. The van der Waals surface area contributed by atoms with Gasteiger partial charge in [-0.2, -0.15) is 0 Å². The van der Waals surface area contributed by atoms with Crippen molar-refractivity contribution in [3.05, 3.63) is 11.1 Å². The topological polar surface area (TPSA) is 28.2 Å². The molecule has 0 bridgehead atoms. The lowest BCUT2D eigenvalue weighted by Gasteiger charge is -2.44.